The van der Waals surface area contributed by atoms with E-state index < -0.39 is 0 Å². The maximum absolute atomic E-state index is 2.16. The van der Waals surface area contributed by atoms with Crippen LogP contribution >= 0.6 is 0 Å². The molecule has 0 aromatic heterocycles. The Kier molecular flexibility index (Phi) is 1.83. The van der Waals surface area contributed by atoms with Crippen LogP contribution in [0.3, 0.4) is 0 Å². The highest BCUT2D eigenvalue weighted by molar-refractivity contribution is 5.62. The van der Waals surface area contributed by atoms with Crippen LogP contribution in [0.5, 0.6) is 0 Å². The molecule has 59 valence electrons. The van der Waals surface area contributed by atoms with Gasteiger partial charge in [0.05, 0.1) is 0 Å². The molecule has 0 heteroatoms. The van der Waals surface area contributed by atoms with Gasteiger partial charge in [-0.1, -0.05) is 42.5 Å². The number of aryl methyl sites for hydroxylation is 1. The third kappa shape index (κ3) is 1.20. The first-order valence-corrected chi connectivity index (χ1v) is 4.15. The van der Waals surface area contributed by atoms with Gasteiger partial charge in [-0.05, 0) is 23.6 Å². The lowest BCUT2D eigenvalue weighted by Gasteiger charge is -2.05. The minimum atomic E-state index is 1.31. The molecule has 1 aromatic rings. The van der Waals surface area contributed by atoms with Crippen LogP contribution in [0.4, 0.5) is 0 Å². The second-order valence-electron chi connectivity index (χ2n) is 2.99. The summed E-state index contributed by atoms with van der Waals surface area (Å²) in [5.74, 6) is 0. The maximum atomic E-state index is 2.16. The second kappa shape index (κ2) is 2.98. The van der Waals surface area contributed by atoms with Gasteiger partial charge in [-0.2, -0.15) is 0 Å². The first kappa shape index (κ1) is 7.35. The number of benzene rings is 1. The van der Waals surface area contributed by atoms with Crippen molar-refractivity contribution in [2.24, 2.45) is 0 Å². The molecule has 0 amide bonds. The maximum Gasteiger partial charge on any atom is 0.0134 e. The molecule has 0 bridgehead atoms. The van der Waals surface area contributed by atoms with E-state index >= 15 is 0 Å². The molecule has 1 aliphatic carbocycles. The molecule has 2 rings (SSSR count). The van der Waals surface area contributed by atoms with Crippen LogP contribution in [0.2, 0.25) is 0 Å². The molecule has 1 aromatic carbocycles. The summed E-state index contributed by atoms with van der Waals surface area (Å²) in [4.78, 5) is 0. The van der Waals surface area contributed by atoms with Gasteiger partial charge < -0.3 is 0 Å². The molecule has 12 heavy (non-hydrogen) atoms. The topological polar surface area (TPSA) is 0 Å². The number of rotatable bonds is 0. The SMILES string of the molecule is Cc1cccc2c1[CH]C=CC=C2. The Balaban J connectivity index is 2.59. The van der Waals surface area contributed by atoms with Crippen molar-refractivity contribution in [3.8, 4) is 0 Å². The van der Waals surface area contributed by atoms with Gasteiger partial charge in [0.2, 0.25) is 0 Å². The second-order valence-corrected chi connectivity index (χ2v) is 2.99. The fourth-order valence-electron chi connectivity index (χ4n) is 1.45. The zero-order chi connectivity index (χ0) is 8.39. The van der Waals surface area contributed by atoms with Crippen LogP contribution in [0.1, 0.15) is 16.7 Å². The number of allylic oxidation sites excluding steroid dienone is 3. The molecule has 0 nitrogen and oxygen atoms in total. The minimum absolute atomic E-state index is 1.31. The summed E-state index contributed by atoms with van der Waals surface area (Å²) in [5, 5.41) is 0. The first-order valence-electron chi connectivity index (χ1n) is 4.15. The summed E-state index contributed by atoms with van der Waals surface area (Å²) >= 11 is 0. The van der Waals surface area contributed by atoms with Gasteiger partial charge >= 0.3 is 0 Å². The van der Waals surface area contributed by atoms with E-state index in [0.29, 0.717) is 0 Å². The average molecular weight is 155 g/mol. The molecule has 0 saturated heterocycles. The van der Waals surface area contributed by atoms with Crippen LogP contribution in [0.15, 0.2) is 36.4 Å². The Bertz CT molecular complexity index is 343. The van der Waals surface area contributed by atoms with Gasteiger partial charge in [-0.3, -0.25) is 0 Å². The smallest absolute Gasteiger partial charge is 0.0134 e. The fourth-order valence-corrected chi connectivity index (χ4v) is 1.45. The summed E-state index contributed by atoms with van der Waals surface area (Å²) < 4.78 is 0. The van der Waals surface area contributed by atoms with Gasteiger partial charge in [-0.15, -0.1) is 0 Å². The lowest BCUT2D eigenvalue weighted by Crippen LogP contribution is -1.87. The Morgan fingerprint density at radius 2 is 1.92 bits per heavy atom. The van der Waals surface area contributed by atoms with Crippen molar-refractivity contribution in [3.63, 3.8) is 0 Å². The molecule has 1 aliphatic rings. The van der Waals surface area contributed by atoms with E-state index in [-0.39, 0.29) is 0 Å². The predicted octanol–water partition coefficient (Wildman–Crippen LogP) is 3.13. The summed E-state index contributed by atoms with van der Waals surface area (Å²) in [6, 6.07) is 6.38. The van der Waals surface area contributed by atoms with Gasteiger partial charge in [0.15, 0.2) is 0 Å². The van der Waals surface area contributed by atoms with E-state index in [0.717, 1.165) is 0 Å². The molecule has 0 heterocycles. The Morgan fingerprint density at radius 3 is 2.83 bits per heavy atom. The molecular formula is C12H11. The summed E-state index contributed by atoms with van der Waals surface area (Å²) in [6.45, 7) is 2.14. The van der Waals surface area contributed by atoms with Crippen molar-refractivity contribution >= 4 is 6.08 Å². The first-order chi connectivity index (χ1) is 5.88. The van der Waals surface area contributed by atoms with E-state index in [1.165, 1.54) is 16.7 Å². The number of hydrogen-bond donors (Lipinski definition) is 0. The van der Waals surface area contributed by atoms with Crippen LogP contribution in [0.25, 0.3) is 6.08 Å². The van der Waals surface area contributed by atoms with E-state index in [1.807, 2.05) is 0 Å². The van der Waals surface area contributed by atoms with E-state index in [4.69, 9.17) is 0 Å². The van der Waals surface area contributed by atoms with Crippen molar-refractivity contribution in [2.75, 3.05) is 0 Å². The fraction of sp³-hybridized carbons (Fsp3) is 0.0833. The van der Waals surface area contributed by atoms with E-state index in [1.54, 1.807) is 0 Å². The summed E-state index contributed by atoms with van der Waals surface area (Å²) in [5.41, 5.74) is 3.98. The normalized spacial score (nSPS) is 14.1. The lowest BCUT2D eigenvalue weighted by molar-refractivity contribution is 1.36. The van der Waals surface area contributed by atoms with Crippen molar-refractivity contribution in [1.29, 1.82) is 0 Å². The summed E-state index contributed by atoms with van der Waals surface area (Å²) in [6.07, 6.45) is 10.5. The van der Waals surface area contributed by atoms with Crippen LogP contribution in [-0.4, -0.2) is 0 Å². The third-order valence-electron chi connectivity index (χ3n) is 2.12. The molecular weight excluding hydrogens is 144 g/mol. The Hall–Kier alpha value is -1.30. The number of fused-ring (bicyclic) bond motifs is 1. The van der Waals surface area contributed by atoms with Crippen molar-refractivity contribution in [3.05, 3.63) is 59.5 Å². The molecule has 0 fully saturated rings. The molecule has 0 atom stereocenters. The average Bonchev–Trinajstić information content (AvgIpc) is 2.30. The highest BCUT2D eigenvalue weighted by Gasteiger charge is 2.02. The highest BCUT2D eigenvalue weighted by atomic mass is 14.1. The van der Waals surface area contributed by atoms with Gasteiger partial charge in [-0.25, -0.2) is 0 Å². The molecule has 0 aliphatic heterocycles. The largest absolute Gasteiger partial charge is 0.0760 e. The van der Waals surface area contributed by atoms with Crippen molar-refractivity contribution < 1.29 is 0 Å². The highest BCUT2D eigenvalue weighted by Crippen LogP contribution is 2.20. The van der Waals surface area contributed by atoms with Crippen LogP contribution in [-0.2, 0) is 0 Å². The van der Waals surface area contributed by atoms with E-state index in [2.05, 4.69) is 55.8 Å². The number of hydrogen-bond acceptors (Lipinski definition) is 0. The van der Waals surface area contributed by atoms with Crippen LogP contribution < -0.4 is 0 Å². The van der Waals surface area contributed by atoms with Crippen molar-refractivity contribution in [2.45, 2.75) is 6.92 Å². The van der Waals surface area contributed by atoms with Gasteiger partial charge in [0, 0.05) is 6.42 Å². The monoisotopic (exact) mass is 155 g/mol. The van der Waals surface area contributed by atoms with Gasteiger partial charge in [0.25, 0.3) is 0 Å². The predicted molar refractivity (Wildman–Crippen MR) is 52.8 cm³/mol. The third-order valence-corrected chi connectivity index (χ3v) is 2.12. The Labute approximate surface area is 73.2 Å². The van der Waals surface area contributed by atoms with Crippen molar-refractivity contribution in [1.82, 2.24) is 0 Å². The molecule has 0 spiro atoms. The zero-order valence-electron chi connectivity index (χ0n) is 7.12. The quantitative estimate of drug-likeness (QED) is 0.540. The molecule has 0 unspecified atom stereocenters. The lowest BCUT2D eigenvalue weighted by atomic mass is 10.00. The zero-order valence-corrected chi connectivity index (χ0v) is 7.12. The van der Waals surface area contributed by atoms with E-state index in [9.17, 15) is 0 Å². The Morgan fingerprint density at radius 1 is 1.00 bits per heavy atom. The molecule has 1 radical (unpaired) electrons. The standard InChI is InChI=1S/C12H11/c1-10-6-5-8-11-7-3-2-4-9-12(10)11/h2-9H,1H3. The molecule has 0 saturated carbocycles. The minimum Gasteiger partial charge on any atom is -0.0760 e. The summed E-state index contributed by atoms with van der Waals surface area (Å²) in [7, 11) is 0. The molecule has 0 N–H and O–H groups in total. The van der Waals surface area contributed by atoms with Gasteiger partial charge in [0.1, 0.15) is 0 Å². The van der Waals surface area contributed by atoms with Crippen LogP contribution in [0, 0.1) is 13.3 Å².